The van der Waals surface area contributed by atoms with E-state index in [1.54, 1.807) is 20.8 Å². The lowest BCUT2D eigenvalue weighted by Gasteiger charge is -2.20. The quantitative estimate of drug-likeness (QED) is 0.678. The molecule has 1 aliphatic rings. The maximum absolute atomic E-state index is 11.3. The lowest BCUT2D eigenvalue weighted by atomic mass is 10.1. The third-order valence-electron chi connectivity index (χ3n) is 2.30. The maximum atomic E-state index is 11.3. The average Bonchev–Trinajstić information content (AvgIpc) is 2.56. The van der Waals surface area contributed by atoms with Gasteiger partial charge in [-0.3, -0.25) is 0 Å². The Balaban J connectivity index is 2.25. The van der Waals surface area contributed by atoms with E-state index in [0.29, 0.717) is 13.0 Å². The van der Waals surface area contributed by atoms with Gasteiger partial charge in [-0.15, -0.1) is 0 Å². The predicted octanol–water partition coefficient (Wildman–Crippen LogP) is 0.370. The van der Waals surface area contributed by atoms with Crippen molar-refractivity contribution in [3.05, 3.63) is 0 Å². The largest absolute Gasteiger partial charge is 0.444 e. The molecule has 0 unspecified atom stereocenters. The molecular weight excluding hydrogens is 240 g/mol. The second-order valence-corrected chi connectivity index (χ2v) is 5.09. The minimum absolute atomic E-state index is 0.192. The standard InChI is InChI=1S/C11H20N2O5/c1-11(2,3)18-9(15)12-5-4-8-7(6-14)13-10(16)17-8/h7-8,14H,4-6H2,1-3H3,(H,12,15)(H,13,16)/t7-,8-/m1/s1. The molecule has 0 bridgehead atoms. The summed E-state index contributed by atoms with van der Waals surface area (Å²) in [5.74, 6) is 0. The van der Waals surface area contributed by atoms with Gasteiger partial charge in [0, 0.05) is 13.0 Å². The number of aliphatic hydroxyl groups is 1. The van der Waals surface area contributed by atoms with Crippen LogP contribution in [0.2, 0.25) is 0 Å². The van der Waals surface area contributed by atoms with Crippen LogP contribution in [0.3, 0.4) is 0 Å². The van der Waals surface area contributed by atoms with E-state index in [9.17, 15) is 9.59 Å². The van der Waals surface area contributed by atoms with Gasteiger partial charge in [0.05, 0.1) is 12.6 Å². The lowest BCUT2D eigenvalue weighted by Crippen LogP contribution is -2.38. The Bertz CT molecular complexity index is 313. The zero-order chi connectivity index (χ0) is 13.8. The molecule has 104 valence electrons. The van der Waals surface area contributed by atoms with Gasteiger partial charge >= 0.3 is 12.2 Å². The monoisotopic (exact) mass is 260 g/mol. The number of amides is 2. The van der Waals surface area contributed by atoms with Crippen molar-refractivity contribution < 1.29 is 24.2 Å². The number of hydrogen-bond donors (Lipinski definition) is 3. The first-order valence-electron chi connectivity index (χ1n) is 5.86. The molecule has 0 spiro atoms. The Kier molecular flexibility index (Phi) is 4.77. The van der Waals surface area contributed by atoms with Crippen LogP contribution in [0.15, 0.2) is 0 Å². The van der Waals surface area contributed by atoms with Gasteiger partial charge < -0.3 is 25.2 Å². The molecule has 18 heavy (non-hydrogen) atoms. The number of rotatable bonds is 4. The van der Waals surface area contributed by atoms with Crippen LogP contribution in [0.4, 0.5) is 9.59 Å². The van der Waals surface area contributed by atoms with Crippen LogP contribution in [0.5, 0.6) is 0 Å². The highest BCUT2D eigenvalue weighted by Gasteiger charge is 2.33. The molecule has 7 nitrogen and oxygen atoms in total. The van der Waals surface area contributed by atoms with Gasteiger partial charge in [0.25, 0.3) is 0 Å². The van der Waals surface area contributed by atoms with Gasteiger partial charge in [-0.25, -0.2) is 9.59 Å². The highest BCUT2D eigenvalue weighted by atomic mass is 16.6. The Morgan fingerprint density at radius 1 is 1.56 bits per heavy atom. The fraction of sp³-hybridized carbons (Fsp3) is 0.818. The number of carbonyl (C=O) groups is 2. The van der Waals surface area contributed by atoms with Gasteiger partial charge in [0.1, 0.15) is 11.7 Å². The molecule has 3 N–H and O–H groups in total. The number of cyclic esters (lactones) is 1. The van der Waals surface area contributed by atoms with Crippen LogP contribution in [0, 0.1) is 0 Å². The number of aliphatic hydroxyl groups excluding tert-OH is 1. The molecule has 0 saturated carbocycles. The first-order valence-corrected chi connectivity index (χ1v) is 5.86. The van der Waals surface area contributed by atoms with Crippen molar-refractivity contribution in [2.45, 2.75) is 44.9 Å². The van der Waals surface area contributed by atoms with E-state index in [-0.39, 0.29) is 6.61 Å². The molecule has 2 atom stereocenters. The van der Waals surface area contributed by atoms with Crippen molar-refractivity contribution in [1.82, 2.24) is 10.6 Å². The highest BCUT2D eigenvalue weighted by molar-refractivity contribution is 5.70. The van der Waals surface area contributed by atoms with Gasteiger partial charge in [0.15, 0.2) is 0 Å². The first-order chi connectivity index (χ1) is 8.31. The summed E-state index contributed by atoms with van der Waals surface area (Å²) in [5.41, 5.74) is -0.543. The molecular formula is C11H20N2O5. The zero-order valence-corrected chi connectivity index (χ0v) is 10.9. The van der Waals surface area contributed by atoms with Gasteiger partial charge in [-0.05, 0) is 20.8 Å². The van der Waals surface area contributed by atoms with E-state index in [1.165, 1.54) is 0 Å². The minimum Gasteiger partial charge on any atom is -0.444 e. The minimum atomic E-state index is -0.545. The molecule has 1 heterocycles. The van der Waals surface area contributed by atoms with E-state index in [0.717, 1.165) is 0 Å². The Morgan fingerprint density at radius 3 is 2.78 bits per heavy atom. The molecule has 0 aromatic heterocycles. The maximum Gasteiger partial charge on any atom is 0.407 e. The van der Waals surface area contributed by atoms with Gasteiger partial charge in [0.2, 0.25) is 0 Å². The molecule has 7 heteroatoms. The summed E-state index contributed by atoms with van der Waals surface area (Å²) in [4.78, 5) is 22.3. The van der Waals surface area contributed by atoms with Gasteiger partial charge in [-0.2, -0.15) is 0 Å². The number of ether oxygens (including phenoxy) is 2. The summed E-state index contributed by atoms with van der Waals surface area (Å²) >= 11 is 0. The third kappa shape index (κ3) is 4.79. The molecule has 0 aromatic rings. The second kappa shape index (κ2) is 5.90. The van der Waals surface area contributed by atoms with E-state index in [2.05, 4.69) is 10.6 Å². The Labute approximate surface area is 106 Å². The highest BCUT2D eigenvalue weighted by Crippen LogP contribution is 2.12. The molecule has 1 saturated heterocycles. The van der Waals surface area contributed by atoms with Crippen molar-refractivity contribution in [2.75, 3.05) is 13.2 Å². The summed E-state index contributed by atoms with van der Waals surface area (Å²) in [5, 5.41) is 14.0. The Hall–Kier alpha value is -1.50. The van der Waals surface area contributed by atoms with Crippen molar-refractivity contribution in [1.29, 1.82) is 0 Å². The van der Waals surface area contributed by atoms with E-state index >= 15 is 0 Å². The van der Waals surface area contributed by atoms with Crippen molar-refractivity contribution in [2.24, 2.45) is 0 Å². The van der Waals surface area contributed by atoms with E-state index < -0.39 is 29.9 Å². The molecule has 0 radical (unpaired) electrons. The molecule has 1 fully saturated rings. The Morgan fingerprint density at radius 2 is 2.22 bits per heavy atom. The summed E-state index contributed by atoms with van der Waals surface area (Å²) in [7, 11) is 0. The van der Waals surface area contributed by atoms with E-state index in [4.69, 9.17) is 14.6 Å². The molecule has 2 amide bonds. The summed E-state index contributed by atoms with van der Waals surface area (Å²) in [6.07, 6.45) is -1.07. The van der Waals surface area contributed by atoms with Gasteiger partial charge in [-0.1, -0.05) is 0 Å². The smallest absolute Gasteiger partial charge is 0.407 e. The summed E-state index contributed by atoms with van der Waals surface area (Å²) in [6, 6.07) is -0.419. The van der Waals surface area contributed by atoms with Crippen molar-refractivity contribution in [3.63, 3.8) is 0 Å². The van der Waals surface area contributed by atoms with Crippen LogP contribution in [-0.4, -0.2) is 48.2 Å². The second-order valence-electron chi connectivity index (χ2n) is 5.09. The molecule has 0 aliphatic carbocycles. The number of carbonyl (C=O) groups excluding carboxylic acids is 2. The number of alkyl carbamates (subject to hydrolysis) is 2. The molecule has 1 aliphatic heterocycles. The van der Waals surface area contributed by atoms with Crippen LogP contribution in [0.25, 0.3) is 0 Å². The normalized spacial score (nSPS) is 23.2. The molecule has 0 aromatic carbocycles. The fourth-order valence-electron chi connectivity index (χ4n) is 1.55. The van der Waals surface area contributed by atoms with E-state index in [1.807, 2.05) is 0 Å². The topological polar surface area (TPSA) is 96.9 Å². The van der Waals surface area contributed by atoms with Crippen LogP contribution in [-0.2, 0) is 9.47 Å². The lowest BCUT2D eigenvalue weighted by molar-refractivity contribution is 0.0516. The third-order valence-corrected chi connectivity index (χ3v) is 2.30. The van der Waals surface area contributed by atoms with Crippen molar-refractivity contribution in [3.8, 4) is 0 Å². The molecule has 1 rings (SSSR count). The van der Waals surface area contributed by atoms with Crippen LogP contribution >= 0.6 is 0 Å². The zero-order valence-electron chi connectivity index (χ0n) is 10.9. The van der Waals surface area contributed by atoms with Crippen LogP contribution < -0.4 is 10.6 Å². The predicted molar refractivity (Wildman–Crippen MR) is 63.1 cm³/mol. The average molecular weight is 260 g/mol. The van der Waals surface area contributed by atoms with Crippen LogP contribution in [0.1, 0.15) is 27.2 Å². The number of nitrogens with one attached hydrogen (secondary N) is 2. The SMILES string of the molecule is CC(C)(C)OC(=O)NCC[C@H]1OC(=O)N[C@@H]1CO. The fourth-order valence-corrected chi connectivity index (χ4v) is 1.55. The van der Waals surface area contributed by atoms with Crippen molar-refractivity contribution >= 4 is 12.2 Å². The summed E-state index contributed by atoms with van der Waals surface area (Å²) in [6.45, 7) is 5.44. The first kappa shape index (κ1) is 14.6. The summed E-state index contributed by atoms with van der Waals surface area (Å²) < 4.78 is 10.00. The number of hydrogen-bond acceptors (Lipinski definition) is 5.